The second kappa shape index (κ2) is 3.84. The molecule has 2 fully saturated rings. The minimum atomic E-state index is 0.0909. The fourth-order valence-corrected chi connectivity index (χ4v) is 2.47. The average molecular weight is 203 g/mol. The van der Waals surface area contributed by atoms with Crippen LogP contribution in [0.3, 0.4) is 0 Å². The summed E-state index contributed by atoms with van der Waals surface area (Å²) in [5, 5.41) is 0. The third kappa shape index (κ3) is 1.81. The number of fused-ring (bicyclic) bond motifs is 1. The number of nitrogens with zero attached hydrogens (tertiary/aromatic N) is 2. The van der Waals surface area contributed by atoms with Crippen LogP contribution in [0.4, 0.5) is 0 Å². The standard InChI is InChI=1S/C9H15ClN2O/c10-6-9(13)12-5-4-11-3-1-2-8(11)7-12/h8H,1-7H2/t8-/m0/s1. The Hall–Kier alpha value is -0.280. The van der Waals surface area contributed by atoms with Crippen molar-refractivity contribution < 1.29 is 4.79 Å². The first-order valence-electron chi connectivity index (χ1n) is 4.89. The van der Waals surface area contributed by atoms with Gasteiger partial charge in [-0.15, -0.1) is 11.6 Å². The minimum absolute atomic E-state index is 0.0909. The number of rotatable bonds is 1. The minimum Gasteiger partial charge on any atom is -0.339 e. The van der Waals surface area contributed by atoms with Gasteiger partial charge in [0, 0.05) is 25.7 Å². The van der Waals surface area contributed by atoms with Crippen molar-refractivity contribution in [3.63, 3.8) is 0 Å². The highest BCUT2D eigenvalue weighted by Crippen LogP contribution is 2.21. The van der Waals surface area contributed by atoms with Crippen LogP contribution in [-0.4, -0.2) is 53.8 Å². The van der Waals surface area contributed by atoms with E-state index in [1.54, 1.807) is 0 Å². The van der Waals surface area contributed by atoms with Crippen molar-refractivity contribution in [3.8, 4) is 0 Å². The van der Waals surface area contributed by atoms with Crippen LogP contribution in [0.5, 0.6) is 0 Å². The van der Waals surface area contributed by atoms with Crippen LogP contribution in [0, 0.1) is 0 Å². The van der Waals surface area contributed by atoms with E-state index in [1.807, 2.05) is 4.90 Å². The van der Waals surface area contributed by atoms with Crippen LogP contribution in [0.2, 0.25) is 0 Å². The van der Waals surface area contributed by atoms with E-state index in [9.17, 15) is 4.79 Å². The summed E-state index contributed by atoms with van der Waals surface area (Å²) in [6.07, 6.45) is 2.53. The quantitative estimate of drug-likeness (QED) is 0.580. The van der Waals surface area contributed by atoms with Gasteiger partial charge in [0.1, 0.15) is 5.88 Å². The molecule has 2 saturated heterocycles. The Morgan fingerprint density at radius 1 is 1.38 bits per heavy atom. The van der Waals surface area contributed by atoms with Gasteiger partial charge in [-0.1, -0.05) is 0 Å². The molecule has 2 aliphatic heterocycles. The average Bonchev–Trinajstić information content (AvgIpc) is 2.63. The van der Waals surface area contributed by atoms with Crippen molar-refractivity contribution in [2.75, 3.05) is 32.1 Å². The van der Waals surface area contributed by atoms with E-state index in [2.05, 4.69) is 4.90 Å². The lowest BCUT2D eigenvalue weighted by molar-refractivity contribution is -0.131. The molecule has 0 aromatic heterocycles. The van der Waals surface area contributed by atoms with Crippen molar-refractivity contribution in [1.29, 1.82) is 0 Å². The molecular weight excluding hydrogens is 188 g/mol. The Bertz CT molecular complexity index is 210. The maximum Gasteiger partial charge on any atom is 0.237 e. The Morgan fingerprint density at radius 2 is 2.23 bits per heavy atom. The van der Waals surface area contributed by atoms with E-state index in [1.165, 1.54) is 19.4 Å². The zero-order valence-electron chi connectivity index (χ0n) is 7.71. The molecule has 2 heterocycles. The maximum absolute atomic E-state index is 11.3. The summed E-state index contributed by atoms with van der Waals surface area (Å²) in [7, 11) is 0. The summed E-state index contributed by atoms with van der Waals surface area (Å²) in [6, 6.07) is 0.612. The van der Waals surface area contributed by atoms with Gasteiger partial charge in [-0.3, -0.25) is 9.69 Å². The largest absolute Gasteiger partial charge is 0.339 e. The van der Waals surface area contributed by atoms with Crippen LogP contribution in [0.1, 0.15) is 12.8 Å². The molecule has 0 aromatic carbocycles. The molecule has 0 saturated carbocycles. The molecule has 2 rings (SSSR count). The van der Waals surface area contributed by atoms with E-state index in [4.69, 9.17) is 11.6 Å². The smallest absolute Gasteiger partial charge is 0.237 e. The molecule has 2 aliphatic rings. The van der Waals surface area contributed by atoms with Gasteiger partial charge in [0.25, 0.3) is 0 Å². The fraction of sp³-hybridized carbons (Fsp3) is 0.889. The van der Waals surface area contributed by atoms with Gasteiger partial charge < -0.3 is 4.90 Å². The molecule has 1 atom stereocenters. The first-order valence-corrected chi connectivity index (χ1v) is 5.42. The Kier molecular flexibility index (Phi) is 2.74. The van der Waals surface area contributed by atoms with Crippen LogP contribution in [0.15, 0.2) is 0 Å². The molecule has 3 nitrogen and oxygen atoms in total. The summed E-state index contributed by atoms with van der Waals surface area (Å²) >= 11 is 5.52. The first kappa shape index (κ1) is 9.28. The zero-order valence-corrected chi connectivity index (χ0v) is 8.46. The number of alkyl halides is 1. The van der Waals surface area contributed by atoms with Gasteiger partial charge in [0.05, 0.1) is 0 Å². The van der Waals surface area contributed by atoms with Crippen molar-refractivity contribution >= 4 is 17.5 Å². The van der Waals surface area contributed by atoms with E-state index in [0.717, 1.165) is 19.6 Å². The van der Waals surface area contributed by atoms with Gasteiger partial charge >= 0.3 is 0 Å². The number of carbonyl (C=O) groups is 1. The molecule has 0 radical (unpaired) electrons. The lowest BCUT2D eigenvalue weighted by Gasteiger charge is -2.37. The van der Waals surface area contributed by atoms with Gasteiger partial charge in [-0.2, -0.15) is 0 Å². The zero-order chi connectivity index (χ0) is 9.26. The molecule has 13 heavy (non-hydrogen) atoms. The Labute approximate surface area is 83.6 Å². The third-order valence-electron chi connectivity index (χ3n) is 3.05. The predicted molar refractivity (Wildman–Crippen MR) is 51.9 cm³/mol. The summed E-state index contributed by atoms with van der Waals surface area (Å²) in [5.74, 6) is 0.223. The van der Waals surface area contributed by atoms with Crippen molar-refractivity contribution in [3.05, 3.63) is 0 Å². The second-order valence-corrected chi connectivity index (χ2v) is 4.07. The normalized spacial score (nSPS) is 29.0. The highest BCUT2D eigenvalue weighted by atomic mass is 35.5. The molecule has 0 aliphatic carbocycles. The first-order chi connectivity index (χ1) is 6.31. The number of halogens is 1. The van der Waals surface area contributed by atoms with Crippen LogP contribution in [-0.2, 0) is 4.79 Å². The number of hydrogen-bond donors (Lipinski definition) is 0. The van der Waals surface area contributed by atoms with Crippen molar-refractivity contribution in [2.45, 2.75) is 18.9 Å². The molecule has 1 amide bonds. The van der Waals surface area contributed by atoms with Gasteiger partial charge in [0.15, 0.2) is 0 Å². The summed E-state index contributed by atoms with van der Waals surface area (Å²) < 4.78 is 0. The van der Waals surface area contributed by atoms with Crippen molar-refractivity contribution in [1.82, 2.24) is 9.80 Å². The molecule has 4 heteroatoms. The molecule has 0 bridgehead atoms. The Balaban J connectivity index is 1.93. The van der Waals surface area contributed by atoms with Gasteiger partial charge in [-0.05, 0) is 19.4 Å². The number of piperazine rings is 1. The summed E-state index contributed by atoms with van der Waals surface area (Å²) in [6.45, 7) is 4.01. The molecular formula is C9H15ClN2O. The lowest BCUT2D eigenvalue weighted by Crippen LogP contribution is -2.52. The molecule has 0 spiro atoms. The van der Waals surface area contributed by atoms with E-state index < -0.39 is 0 Å². The van der Waals surface area contributed by atoms with E-state index >= 15 is 0 Å². The van der Waals surface area contributed by atoms with Crippen LogP contribution in [0.25, 0.3) is 0 Å². The number of hydrogen-bond acceptors (Lipinski definition) is 2. The highest BCUT2D eigenvalue weighted by molar-refractivity contribution is 6.27. The highest BCUT2D eigenvalue weighted by Gasteiger charge is 2.31. The summed E-state index contributed by atoms with van der Waals surface area (Å²) in [4.78, 5) is 15.7. The summed E-state index contributed by atoms with van der Waals surface area (Å²) in [5.41, 5.74) is 0. The van der Waals surface area contributed by atoms with Crippen LogP contribution < -0.4 is 0 Å². The lowest BCUT2D eigenvalue weighted by atomic mass is 10.1. The second-order valence-electron chi connectivity index (χ2n) is 3.81. The van der Waals surface area contributed by atoms with Gasteiger partial charge in [0.2, 0.25) is 5.91 Å². The SMILES string of the molecule is O=C(CCl)N1CCN2CCC[C@H]2C1. The molecule has 0 aromatic rings. The third-order valence-corrected chi connectivity index (χ3v) is 3.28. The Morgan fingerprint density at radius 3 is 3.00 bits per heavy atom. The van der Waals surface area contributed by atoms with Gasteiger partial charge in [-0.25, -0.2) is 0 Å². The fourth-order valence-electron chi connectivity index (χ4n) is 2.30. The molecule has 0 unspecified atom stereocenters. The number of amides is 1. The molecule has 74 valence electrons. The number of carbonyl (C=O) groups excluding carboxylic acids is 1. The predicted octanol–water partition coefficient (Wildman–Crippen LogP) is 0.532. The topological polar surface area (TPSA) is 23.6 Å². The maximum atomic E-state index is 11.3. The monoisotopic (exact) mass is 202 g/mol. The van der Waals surface area contributed by atoms with E-state index in [-0.39, 0.29) is 11.8 Å². The molecule has 0 N–H and O–H groups in total. The van der Waals surface area contributed by atoms with Crippen LogP contribution >= 0.6 is 11.6 Å². The van der Waals surface area contributed by atoms with E-state index in [0.29, 0.717) is 6.04 Å². The van der Waals surface area contributed by atoms with Crippen molar-refractivity contribution in [2.24, 2.45) is 0 Å².